The molecule has 3 atom stereocenters. The summed E-state index contributed by atoms with van der Waals surface area (Å²) < 4.78 is 5.42. The molecule has 1 aromatic rings. The highest BCUT2D eigenvalue weighted by Crippen LogP contribution is 2.28. The molecule has 0 saturated carbocycles. The van der Waals surface area contributed by atoms with E-state index in [1.54, 1.807) is 20.8 Å². The molecule has 1 unspecified atom stereocenters. The predicted molar refractivity (Wildman–Crippen MR) is 88.2 cm³/mol. The monoisotopic (exact) mass is 336 g/mol. The number of nitrogens with zero attached hydrogens (tertiary/aromatic N) is 2. The van der Waals surface area contributed by atoms with E-state index >= 15 is 0 Å². The first-order valence-corrected chi connectivity index (χ1v) is 7.98. The average Bonchev–Trinajstić information content (AvgIpc) is 2.50. The number of ether oxygens (including phenoxy) is 1. The number of amides is 1. The van der Waals surface area contributed by atoms with Crippen molar-refractivity contribution in [2.24, 2.45) is 0 Å². The maximum Gasteiger partial charge on any atom is 0.410 e. The Bertz CT molecular complexity index is 626. The number of carbonyl (C=O) groups excluding carboxylic acids is 1. The van der Waals surface area contributed by atoms with Crippen molar-refractivity contribution in [3.63, 3.8) is 0 Å². The summed E-state index contributed by atoms with van der Waals surface area (Å²) in [7, 11) is 0. The molecule has 132 valence electrons. The van der Waals surface area contributed by atoms with E-state index in [0.717, 1.165) is 11.1 Å². The molecular weight excluding hydrogens is 312 g/mol. The van der Waals surface area contributed by atoms with Crippen LogP contribution in [0.25, 0.3) is 0 Å². The summed E-state index contributed by atoms with van der Waals surface area (Å²) in [6, 6.07) is 5.70. The normalized spacial score (nSPS) is 20.0. The first-order chi connectivity index (χ1) is 11.1. The second-order valence-electron chi connectivity index (χ2n) is 7.16. The fourth-order valence-electron chi connectivity index (χ4n) is 2.82. The van der Waals surface area contributed by atoms with Crippen LogP contribution in [0.1, 0.15) is 38.8 Å². The van der Waals surface area contributed by atoms with Gasteiger partial charge in [-0.3, -0.25) is 15.0 Å². The van der Waals surface area contributed by atoms with Gasteiger partial charge in [-0.1, -0.05) is 24.3 Å². The van der Waals surface area contributed by atoms with Crippen molar-refractivity contribution in [1.29, 1.82) is 0 Å². The van der Waals surface area contributed by atoms with Crippen LogP contribution in [0.5, 0.6) is 0 Å². The van der Waals surface area contributed by atoms with Gasteiger partial charge in [0.2, 0.25) is 6.04 Å². The first-order valence-electron chi connectivity index (χ1n) is 7.98. The number of fused-ring (bicyclic) bond motifs is 1. The van der Waals surface area contributed by atoms with Crippen molar-refractivity contribution in [2.45, 2.75) is 64.4 Å². The summed E-state index contributed by atoms with van der Waals surface area (Å²) >= 11 is 0. The Morgan fingerprint density at radius 3 is 2.50 bits per heavy atom. The minimum atomic E-state index is -1.28. The average molecular weight is 336 g/mol. The van der Waals surface area contributed by atoms with E-state index in [1.165, 1.54) is 11.8 Å². The molecule has 24 heavy (non-hydrogen) atoms. The van der Waals surface area contributed by atoms with Gasteiger partial charge in [-0.25, -0.2) is 4.79 Å². The van der Waals surface area contributed by atoms with Gasteiger partial charge in [-0.15, -0.1) is 0 Å². The third-order valence-electron chi connectivity index (χ3n) is 4.14. The minimum Gasteiger partial charge on any atom is -0.444 e. The Hall–Kier alpha value is -2.15. The molecular formula is C17H24N2O5. The first kappa shape index (κ1) is 18.2. The van der Waals surface area contributed by atoms with Crippen molar-refractivity contribution >= 4 is 6.09 Å². The lowest BCUT2D eigenvalue weighted by atomic mass is 9.89. The molecule has 0 spiro atoms. The number of rotatable bonds is 3. The van der Waals surface area contributed by atoms with E-state index in [1.807, 2.05) is 24.3 Å². The Morgan fingerprint density at radius 1 is 1.38 bits per heavy atom. The third kappa shape index (κ3) is 4.03. The number of hydrogen-bond acceptors (Lipinski definition) is 5. The molecule has 1 aromatic carbocycles. The van der Waals surface area contributed by atoms with Gasteiger partial charge in [-0.2, -0.15) is 0 Å². The molecule has 7 nitrogen and oxygen atoms in total. The van der Waals surface area contributed by atoms with E-state index in [0.29, 0.717) is 6.42 Å². The number of aliphatic hydroxyl groups is 1. The predicted octanol–water partition coefficient (Wildman–Crippen LogP) is 2.37. The topological polar surface area (TPSA) is 92.9 Å². The molecule has 0 fully saturated rings. The standard InChI is InChI=1S/C17H24N2O5/c1-11(19(22)23)15(20)14-9-12-7-5-6-8-13(12)10-18(14)16(21)24-17(2,3)4/h5-8,11,14-15,20H,9-10H2,1-4H3/t11?,14-,15+/m0/s1. The number of aliphatic hydroxyl groups excluding tert-OH is 1. The Balaban J connectivity index is 2.32. The molecule has 1 aliphatic heterocycles. The summed E-state index contributed by atoms with van der Waals surface area (Å²) in [6.45, 7) is 6.88. The SMILES string of the molecule is CC([C@@H](O)[C@@H]1Cc2ccccc2CN1C(=O)OC(C)(C)C)[N+](=O)[O-]. The van der Waals surface area contributed by atoms with Crippen molar-refractivity contribution in [3.8, 4) is 0 Å². The molecule has 2 rings (SSSR count). The molecule has 1 heterocycles. The van der Waals surface area contributed by atoms with Gasteiger partial charge < -0.3 is 9.84 Å². The lowest BCUT2D eigenvalue weighted by Gasteiger charge is -2.39. The maximum atomic E-state index is 12.6. The van der Waals surface area contributed by atoms with Gasteiger partial charge in [0.1, 0.15) is 11.7 Å². The van der Waals surface area contributed by atoms with Crippen LogP contribution in [-0.4, -0.2) is 44.8 Å². The lowest BCUT2D eigenvalue weighted by Crippen LogP contribution is -2.55. The summed E-state index contributed by atoms with van der Waals surface area (Å²) in [5, 5.41) is 21.5. The number of nitro groups is 1. The number of benzene rings is 1. The number of carbonyl (C=O) groups is 1. The van der Waals surface area contributed by atoms with E-state index < -0.39 is 34.8 Å². The molecule has 0 bridgehead atoms. The van der Waals surface area contributed by atoms with Crippen LogP contribution in [0.2, 0.25) is 0 Å². The van der Waals surface area contributed by atoms with Gasteiger partial charge in [0.25, 0.3) is 0 Å². The molecule has 0 aliphatic carbocycles. The van der Waals surface area contributed by atoms with Crippen LogP contribution in [0.3, 0.4) is 0 Å². The van der Waals surface area contributed by atoms with E-state index in [2.05, 4.69) is 0 Å². The molecule has 1 amide bonds. The zero-order valence-electron chi connectivity index (χ0n) is 14.4. The van der Waals surface area contributed by atoms with Crippen LogP contribution in [0, 0.1) is 10.1 Å². The summed E-state index contributed by atoms with van der Waals surface area (Å²) in [5.74, 6) is 0. The van der Waals surface area contributed by atoms with E-state index in [-0.39, 0.29) is 6.54 Å². The van der Waals surface area contributed by atoms with Gasteiger partial charge in [0.05, 0.1) is 6.04 Å². The highest BCUT2D eigenvalue weighted by atomic mass is 16.6. The molecule has 1 aliphatic rings. The van der Waals surface area contributed by atoms with Crippen LogP contribution >= 0.6 is 0 Å². The van der Waals surface area contributed by atoms with Crippen LogP contribution in [0.4, 0.5) is 4.79 Å². The fraction of sp³-hybridized carbons (Fsp3) is 0.588. The summed E-state index contributed by atoms with van der Waals surface area (Å²) in [4.78, 5) is 24.5. The fourth-order valence-corrected chi connectivity index (χ4v) is 2.82. The Labute approximate surface area is 141 Å². The molecule has 1 N–H and O–H groups in total. The van der Waals surface area contributed by atoms with Crippen molar-refractivity contribution in [2.75, 3.05) is 0 Å². The van der Waals surface area contributed by atoms with Gasteiger partial charge in [0.15, 0.2) is 0 Å². The van der Waals surface area contributed by atoms with Gasteiger partial charge in [-0.05, 0) is 38.3 Å². The third-order valence-corrected chi connectivity index (χ3v) is 4.14. The number of hydrogen-bond donors (Lipinski definition) is 1. The Morgan fingerprint density at radius 2 is 1.96 bits per heavy atom. The second kappa shape index (κ2) is 6.76. The van der Waals surface area contributed by atoms with Crippen molar-refractivity contribution in [1.82, 2.24) is 4.90 Å². The zero-order valence-corrected chi connectivity index (χ0v) is 14.4. The van der Waals surface area contributed by atoms with Crippen LogP contribution < -0.4 is 0 Å². The van der Waals surface area contributed by atoms with Crippen LogP contribution in [0.15, 0.2) is 24.3 Å². The highest BCUT2D eigenvalue weighted by molar-refractivity contribution is 5.69. The molecule has 0 saturated heterocycles. The maximum absolute atomic E-state index is 12.6. The summed E-state index contributed by atoms with van der Waals surface area (Å²) in [6.07, 6.45) is -1.49. The molecule has 0 aromatic heterocycles. The van der Waals surface area contributed by atoms with Crippen molar-refractivity contribution < 1.29 is 19.6 Å². The minimum absolute atomic E-state index is 0.261. The zero-order chi connectivity index (χ0) is 18.1. The molecule has 7 heteroatoms. The summed E-state index contributed by atoms with van der Waals surface area (Å²) in [5.41, 5.74) is 1.26. The quantitative estimate of drug-likeness (QED) is 0.676. The second-order valence-corrected chi connectivity index (χ2v) is 7.16. The van der Waals surface area contributed by atoms with Crippen molar-refractivity contribution in [3.05, 3.63) is 45.5 Å². The van der Waals surface area contributed by atoms with E-state index in [9.17, 15) is 20.0 Å². The smallest absolute Gasteiger partial charge is 0.410 e. The lowest BCUT2D eigenvalue weighted by molar-refractivity contribution is -0.531. The highest BCUT2D eigenvalue weighted by Gasteiger charge is 2.41. The largest absolute Gasteiger partial charge is 0.444 e. The Kier molecular flexibility index (Phi) is 5.13. The van der Waals surface area contributed by atoms with E-state index in [4.69, 9.17) is 4.74 Å². The molecule has 0 radical (unpaired) electrons. The van der Waals surface area contributed by atoms with Gasteiger partial charge in [0, 0.05) is 18.4 Å². The van der Waals surface area contributed by atoms with Crippen LogP contribution in [-0.2, 0) is 17.7 Å². The van der Waals surface area contributed by atoms with Gasteiger partial charge >= 0.3 is 6.09 Å².